The molecular formula is C21H23FN4O2S. The van der Waals surface area contributed by atoms with Crippen molar-refractivity contribution in [2.75, 3.05) is 11.1 Å². The summed E-state index contributed by atoms with van der Waals surface area (Å²) in [7, 11) is 0. The minimum absolute atomic E-state index is 0.174. The summed E-state index contributed by atoms with van der Waals surface area (Å²) in [6.07, 6.45) is 0. The molecule has 0 bridgehead atoms. The summed E-state index contributed by atoms with van der Waals surface area (Å²) in [4.78, 5) is 12.1. The molecule has 8 heteroatoms. The lowest BCUT2D eigenvalue weighted by Gasteiger charge is -2.11. The Balaban J connectivity index is 1.59. The SMILES string of the molecule is CCn1c(COc2cc(C)ccc2C)nnc1SCC(=O)Nc1ccc(F)cc1. The van der Waals surface area contributed by atoms with Gasteiger partial charge in [0.1, 0.15) is 18.2 Å². The zero-order chi connectivity index (χ0) is 20.8. The maximum atomic E-state index is 12.9. The van der Waals surface area contributed by atoms with E-state index in [-0.39, 0.29) is 17.5 Å². The van der Waals surface area contributed by atoms with E-state index in [4.69, 9.17) is 4.74 Å². The molecule has 0 fully saturated rings. The van der Waals surface area contributed by atoms with Crippen molar-refractivity contribution in [3.8, 4) is 5.75 Å². The van der Waals surface area contributed by atoms with Crippen LogP contribution in [0.25, 0.3) is 0 Å². The van der Waals surface area contributed by atoms with Crippen LogP contribution in [-0.4, -0.2) is 26.4 Å². The molecule has 0 aliphatic rings. The zero-order valence-electron chi connectivity index (χ0n) is 16.6. The average molecular weight is 415 g/mol. The molecule has 152 valence electrons. The Bertz CT molecular complexity index is 989. The Hall–Kier alpha value is -2.87. The van der Waals surface area contributed by atoms with Gasteiger partial charge < -0.3 is 14.6 Å². The highest BCUT2D eigenvalue weighted by atomic mass is 32.2. The standard InChI is InChI=1S/C21H23FN4O2S/c1-4-26-19(12-28-18-11-14(2)5-6-15(18)3)24-25-21(26)29-13-20(27)23-17-9-7-16(22)8-10-17/h5-11H,4,12-13H2,1-3H3,(H,23,27). The van der Waals surface area contributed by atoms with Crippen molar-refractivity contribution in [1.82, 2.24) is 14.8 Å². The molecule has 1 N–H and O–H groups in total. The number of rotatable bonds is 8. The molecule has 0 radical (unpaired) electrons. The van der Waals surface area contributed by atoms with E-state index in [1.54, 1.807) is 0 Å². The predicted octanol–water partition coefficient (Wildman–Crippen LogP) is 4.36. The van der Waals surface area contributed by atoms with Gasteiger partial charge in [-0.25, -0.2) is 4.39 Å². The molecule has 0 saturated heterocycles. The van der Waals surface area contributed by atoms with Crippen molar-refractivity contribution in [2.45, 2.75) is 39.1 Å². The maximum Gasteiger partial charge on any atom is 0.234 e. The van der Waals surface area contributed by atoms with Gasteiger partial charge in [0, 0.05) is 12.2 Å². The number of aromatic nitrogens is 3. The van der Waals surface area contributed by atoms with E-state index in [0.717, 1.165) is 16.9 Å². The molecule has 0 saturated carbocycles. The van der Waals surface area contributed by atoms with Crippen LogP contribution in [0, 0.1) is 19.7 Å². The lowest BCUT2D eigenvalue weighted by molar-refractivity contribution is -0.113. The van der Waals surface area contributed by atoms with Crippen molar-refractivity contribution in [3.63, 3.8) is 0 Å². The monoisotopic (exact) mass is 414 g/mol. The number of anilines is 1. The highest BCUT2D eigenvalue weighted by Crippen LogP contribution is 2.22. The smallest absolute Gasteiger partial charge is 0.234 e. The third-order valence-electron chi connectivity index (χ3n) is 4.27. The number of halogens is 1. The number of thioether (sulfide) groups is 1. The summed E-state index contributed by atoms with van der Waals surface area (Å²) in [6.45, 7) is 6.98. The molecule has 0 aliphatic heterocycles. The van der Waals surface area contributed by atoms with Crippen molar-refractivity contribution in [3.05, 3.63) is 65.2 Å². The Morgan fingerprint density at radius 1 is 1.17 bits per heavy atom. The van der Waals surface area contributed by atoms with Crippen LogP contribution in [-0.2, 0) is 17.9 Å². The molecule has 1 heterocycles. The minimum Gasteiger partial charge on any atom is -0.485 e. The van der Waals surface area contributed by atoms with Gasteiger partial charge in [0.05, 0.1) is 5.75 Å². The Kier molecular flexibility index (Phi) is 6.87. The second-order valence-electron chi connectivity index (χ2n) is 6.54. The van der Waals surface area contributed by atoms with E-state index in [1.165, 1.54) is 36.0 Å². The van der Waals surface area contributed by atoms with Crippen LogP contribution in [0.1, 0.15) is 23.9 Å². The lowest BCUT2D eigenvalue weighted by atomic mass is 10.1. The number of aryl methyl sites for hydroxylation is 2. The van der Waals surface area contributed by atoms with Crippen LogP contribution in [0.4, 0.5) is 10.1 Å². The number of hydrogen-bond donors (Lipinski definition) is 1. The van der Waals surface area contributed by atoms with Gasteiger partial charge in [-0.15, -0.1) is 10.2 Å². The number of nitrogens with one attached hydrogen (secondary N) is 1. The van der Waals surface area contributed by atoms with Gasteiger partial charge in [-0.2, -0.15) is 0 Å². The molecule has 1 amide bonds. The number of hydrogen-bond acceptors (Lipinski definition) is 5. The third kappa shape index (κ3) is 5.57. The number of carbonyl (C=O) groups excluding carboxylic acids is 1. The first kappa shape index (κ1) is 20.9. The van der Waals surface area contributed by atoms with Crippen LogP contribution >= 0.6 is 11.8 Å². The predicted molar refractivity (Wildman–Crippen MR) is 112 cm³/mol. The number of ether oxygens (including phenoxy) is 1. The Labute approximate surface area is 173 Å². The van der Waals surface area contributed by atoms with Crippen LogP contribution in [0.5, 0.6) is 5.75 Å². The zero-order valence-corrected chi connectivity index (χ0v) is 17.4. The largest absolute Gasteiger partial charge is 0.485 e. The number of benzene rings is 2. The van der Waals surface area contributed by atoms with Gasteiger partial charge in [0.25, 0.3) is 0 Å². The molecule has 1 aromatic heterocycles. The summed E-state index contributed by atoms with van der Waals surface area (Å²) in [6, 6.07) is 11.7. The van der Waals surface area contributed by atoms with E-state index in [9.17, 15) is 9.18 Å². The van der Waals surface area contributed by atoms with Gasteiger partial charge in [0.15, 0.2) is 11.0 Å². The summed E-state index contributed by atoms with van der Waals surface area (Å²) in [5, 5.41) is 11.8. The molecule has 0 spiro atoms. The van der Waals surface area contributed by atoms with E-state index in [1.807, 2.05) is 43.5 Å². The molecule has 3 aromatic rings. The van der Waals surface area contributed by atoms with Crippen molar-refractivity contribution >= 4 is 23.4 Å². The van der Waals surface area contributed by atoms with Gasteiger partial charge in [-0.05, 0) is 62.2 Å². The number of amides is 1. The Morgan fingerprint density at radius 3 is 2.66 bits per heavy atom. The van der Waals surface area contributed by atoms with Crippen LogP contribution in [0.2, 0.25) is 0 Å². The Morgan fingerprint density at radius 2 is 1.93 bits per heavy atom. The molecule has 0 unspecified atom stereocenters. The molecule has 29 heavy (non-hydrogen) atoms. The van der Waals surface area contributed by atoms with Crippen LogP contribution in [0.15, 0.2) is 47.6 Å². The van der Waals surface area contributed by atoms with Gasteiger partial charge in [-0.3, -0.25) is 4.79 Å². The van der Waals surface area contributed by atoms with E-state index < -0.39 is 0 Å². The normalized spacial score (nSPS) is 10.8. The second-order valence-corrected chi connectivity index (χ2v) is 7.49. The number of nitrogens with zero attached hydrogens (tertiary/aromatic N) is 3. The van der Waals surface area contributed by atoms with Crippen LogP contribution < -0.4 is 10.1 Å². The highest BCUT2D eigenvalue weighted by Gasteiger charge is 2.14. The minimum atomic E-state index is -0.343. The maximum absolute atomic E-state index is 12.9. The van der Waals surface area contributed by atoms with Gasteiger partial charge in [0.2, 0.25) is 5.91 Å². The first-order valence-electron chi connectivity index (χ1n) is 9.26. The van der Waals surface area contributed by atoms with Crippen molar-refractivity contribution in [1.29, 1.82) is 0 Å². The summed E-state index contributed by atoms with van der Waals surface area (Å²) >= 11 is 1.30. The quantitative estimate of drug-likeness (QED) is 0.555. The molecular weight excluding hydrogens is 391 g/mol. The van der Waals surface area contributed by atoms with E-state index >= 15 is 0 Å². The fourth-order valence-electron chi connectivity index (χ4n) is 2.72. The van der Waals surface area contributed by atoms with Crippen molar-refractivity contribution in [2.24, 2.45) is 0 Å². The highest BCUT2D eigenvalue weighted by molar-refractivity contribution is 7.99. The van der Waals surface area contributed by atoms with Crippen molar-refractivity contribution < 1.29 is 13.9 Å². The molecule has 3 rings (SSSR count). The average Bonchev–Trinajstić information content (AvgIpc) is 3.10. The first-order valence-corrected chi connectivity index (χ1v) is 10.2. The fourth-order valence-corrected chi connectivity index (χ4v) is 3.54. The summed E-state index contributed by atoms with van der Waals surface area (Å²) in [5.74, 6) is 1.16. The lowest BCUT2D eigenvalue weighted by Crippen LogP contribution is -2.15. The third-order valence-corrected chi connectivity index (χ3v) is 5.24. The van der Waals surface area contributed by atoms with Gasteiger partial charge >= 0.3 is 0 Å². The first-order chi connectivity index (χ1) is 14.0. The molecule has 2 aromatic carbocycles. The molecule has 6 nitrogen and oxygen atoms in total. The summed E-state index contributed by atoms with van der Waals surface area (Å²) in [5.41, 5.74) is 2.74. The second kappa shape index (κ2) is 9.56. The van der Waals surface area contributed by atoms with Gasteiger partial charge in [-0.1, -0.05) is 23.9 Å². The van der Waals surface area contributed by atoms with Crippen LogP contribution in [0.3, 0.4) is 0 Å². The summed E-state index contributed by atoms with van der Waals surface area (Å²) < 4.78 is 20.8. The number of carbonyl (C=O) groups is 1. The van der Waals surface area contributed by atoms with E-state index in [2.05, 4.69) is 15.5 Å². The molecule has 0 aliphatic carbocycles. The fraction of sp³-hybridized carbons (Fsp3) is 0.286. The molecule has 0 atom stereocenters. The topological polar surface area (TPSA) is 69.0 Å². The van der Waals surface area contributed by atoms with E-state index in [0.29, 0.717) is 29.8 Å².